The molecule has 5 heteroatoms. The zero-order valence-corrected chi connectivity index (χ0v) is 9.00. The molecule has 0 fully saturated rings. The Hall–Kier alpha value is -1.46. The van der Waals surface area contributed by atoms with Crippen LogP contribution in [0.15, 0.2) is 18.2 Å². The number of amides is 1. The zero-order valence-electron chi connectivity index (χ0n) is 9.00. The monoisotopic (exact) mass is 227 g/mol. The highest BCUT2D eigenvalue weighted by Gasteiger charge is 2.11. The first-order chi connectivity index (χ1) is 7.69. The summed E-state index contributed by atoms with van der Waals surface area (Å²) < 4.78 is 13.4. The van der Waals surface area contributed by atoms with Gasteiger partial charge in [0.05, 0.1) is 18.8 Å². The first kappa shape index (κ1) is 12.6. The summed E-state index contributed by atoms with van der Waals surface area (Å²) in [5.74, 6) is -1.24. The van der Waals surface area contributed by atoms with Crippen LogP contribution in [0.5, 0.6) is 0 Å². The number of aliphatic hydroxyl groups excluding tert-OH is 1. The quantitative estimate of drug-likeness (QED) is 0.583. The van der Waals surface area contributed by atoms with Crippen molar-refractivity contribution in [2.75, 3.05) is 13.2 Å². The fourth-order valence-corrected chi connectivity index (χ4v) is 1.18. The lowest BCUT2D eigenvalue weighted by Crippen LogP contribution is -2.26. The third kappa shape index (κ3) is 3.29. The van der Waals surface area contributed by atoms with Crippen LogP contribution in [0, 0.1) is 5.82 Å². The molecule has 0 saturated carbocycles. The van der Waals surface area contributed by atoms with E-state index in [1.165, 1.54) is 12.1 Å². The second kappa shape index (κ2) is 6.19. The van der Waals surface area contributed by atoms with E-state index in [1.54, 1.807) is 6.07 Å². The molecule has 0 atom stereocenters. The molecule has 1 rings (SSSR count). The predicted octanol–water partition coefficient (Wildman–Crippen LogP) is 1.04. The summed E-state index contributed by atoms with van der Waals surface area (Å²) in [5, 5.41) is 8.42. The standard InChI is InChI=1S/C11H14FNO3/c1-2-8-3-4-9(10(12)7-8)11(15)13-16-6-5-14/h3-4,7,14H,2,5-6H2,1H3,(H,13,15). The normalized spacial score (nSPS) is 10.2. The molecule has 16 heavy (non-hydrogen) atoms. The molecule has 1 amide bonds. The van der Waals surface area contributed by atoms with Crippen LogP contribution in [0.2, 0.25) is 0 Å². The number of aliphatic hydroxyl groups is 1. The minimum absolute atomic E-state index is 0.0274. The van der Waals surface area contributed by atoms with Gasteiger partial charge in [0.15, 0.2) is 0 Å². The minimum atomic E-state index is -0.659. The molecule has 0 aliphatic carbocycles. The van der Waals surface area contributed by atoms with Crippen molar-refractivity contribution in [1.29, 1.82) is 0 Å². The van der Waals surface area contributed by atoms with Crippen molar-refractivity contribution in [2.24, 2.45) is 0 Å². The maximum atomic E-state index is 13.4. The van der Waals surface area contributed by atoms with Crippen LogP contribution in [0.3, 0.4) is 0 Å². The van der Waals surface area contributed by atoms with Crippen LogP contribution >= 0.6 is 0 Å². The lowest BCUT2D eigenvalue weighted by molar-refractivity contribution is 0.0165. The summed E-state index contributed by atoms with van der Waals surface area (Å²) in [5.41, 5.74) is 2.79. The van der Waals surface area contributed by atoms with Gasteiger partial charge >= 0.3 is 0 Å². The topological polar surface area (TPSA) is 58.6 Å². The number of rotatable bonds is 5. The van der Waals surface area contributed by atoms with E-state index in [1.807, 2.05) is 12.4 Å². The molecule has 0 radical (unpaired) electrons. The first-order valence-corrected chi connectivity index (χ1v) is 5.00. The second-order valence-corrected chi connectivity index (χ2v) is 3.17. The summed E-state index contributed by atoms with van der Waals surface area (Å²) in [4.78, 5) is 16.0. The summed E-state index contributed by atoms with van der Waals surface area (Å²) in [6.45, 7) is 1.66. The van der Waals surface area contributed by atoms with Gasteiger partial charge in [0.25, 0.3) is 5.91 Å². The van der Waals surface area contributed by atoms with Crippen molar-refractivity contribution in [2.45, 2.75) is 13.3 Å². The number of halogens is 1. The van der Waals surface area contributed by atoms with E-state index >= 15 is 0 Å². The summed E-state index contributed by atoms with van der Waals surface area (Å²) in [7, 11) is 0. The summed E-state index contributed by atoms with van der Waals surface area (Å²) in [6, 6.07) is 4.41. The van der Waals surface area contributed by atoms with Gasteiger partial charge in [0, 0.05) is 0 Å². The molecule has 88 valence electrons. The number of benzene rings is 1. The number of hydroxylamine groups is 1. The Morgan fingerprint density at radius 3 is 2.88 bits per heavy atom. The van der Waals surface area contributed by atoms with Crippen molar-refractivity contribution in [1.82, 2.24) is 5.48 Å². The number of hydrogen-bond acceptors (Lipinski definition) is 3. The van der Waals surface area contributed by atoms with Crippen LogP contribution in [0.25, 0.3) is 0 Å². The number of carbonyl (C=O) groups excluding carboxylic acids is 1. The SMILES string of the molecule is CCc1ccc(C(=O)NOCCO)c(F)c1. The van der Waals surface area contributed by atoms with Gasteiger partial charge in [-0.2, -0.15) is 0 Å². The molecule has 4 nitrogen and oxygen atoms in total. The fraction of sp³-hybridized carbons (Fsp3) is 0.364. The Kier molecular flexibility index (Phi) is 4.88. The average Bonchev–Trinajstić information content (AvgIpc) is 2.29. The largest absolute Gasteiger partial charge is 0.394 e. The highest BCUT2D eigenvalue weighted by molar-refractivity contribution is 5.93. The average molecular weight is 227 g/mol. The Morgan fingerprint density at radius 1 is 1.56 bits per heavy atom. The van der Waals surface area contributed by atoms with E-state index in [0.29, 0.717) is 6.42 Å². The molecule has 0 saturated heterocycles. The third-order valence-electron chi connectivity index (χ3n) is 2.04. The lowest BCUT2D eigenvalue weighted by Gasteiger charge is -2.06. The minimum Gasteiger partial charge on any atom is -0.394 e. The van der Waals surface area contributed by atoms with Gasteiger partial charge in [-0.25, -0.2) is 9.87 Å². The van der Waals surface area contributed by atoms with Crippen molar-refractivity contribution in [3.8, 4) is 0 Å². The maximum absolute atomic E-state index is 13.4. The van der Waals surface area contributed by atoms with E-state index in [-0.39, 0.29) is 18.8 Å². The molecule has 0 aliphatic heterocycles. The highest BCUT2D eigenvalue weighted by Crippen LogP contribution is 2.10. The molecular formula is C11H14FNO3. The molecule has 1 aromatic rings. The van der Waals surface area contributed by atoms with Gasteiger partial charge in [-0.05, 0) is 24.1 Å². The molecule has 0 unspecified atom stereocenters. The van der Waals surface area contributed by atoms with Crippen molar-refractivity contribution in [3.63, 3.8) is 0 Å². The van der Waals surface area contributed by atoms with Gasteiger partial charge in [-0.3, -0.25) is 9.63 Å². The van der Waals surface area contributed by atoms with Gasteiger partial charge in [0.1, 0.15) is 5.82 Å². The Labute approximate surface area is 93.0 Å². The molecule has 0 heterocycles. The second-order valence-electron chi connectivity index (χ2n) is 3.17. The van der Waals surface area contributed by atoms with E-state index in [9.17, 15) is 9.18 Å². The van der Waals surface area contributed by atoms with Gasteiger partial charge in [-0.1, -0.05) is 13.0 Å². The molecule has 0 spiro atoms. The van der Waals surface area contributed by atoms with Crippen LogP contribution in [0.1, 0.15) is 22.8 Å². The number of nitrogens with one attached hydrogen (secondary N) is 1. The van der Waals surface area contributed by atoms with Crippen LogP contribution < -0.4 is 5.48 Å². The number of carbonyl (C=O) groups is 1. The molecular weight excluding hydrogens is 213 g/mol. The lowest BCUT2D eigenvalue weighted by atomic mass is 10.1. The van der Waals surface area contributed by atoms with Gasteiger partial charge in [-0.15, -0.1) is 0 Å². The molecule has 0 bridgehead atoms. The molecule has 2 N–H and O–H groups in total. The van der Waals surface area contributed by atoms with Crippen LogP contribution in [-0.4, -0.2) is 24.2 Å². The fourth-order valence-electron chi connectivity index (χ4n) is 1.18. The third-order valence-corrected chi connectivity index (χ3v) is 2.04. The molecule has 1 aromatic carbocycles. The zero-order chi connectivity index (χ0) is 12.0. The summed E-state index contributed by atoms with van der Waals surface area (Å²) in [6.07, 6.45) is 0.708. The van der Waals surface area contributed by atoms with Crippen LogP contribution in [-0.2, 0) is 11.3 Å². The maximum Gasteiger partial charge on any atom is 0.277 e. The number of aryl methyl sites for hydroxylation is 1. The smallest absolute Gasteiger partial charge is 0.277 e. The summed E-state index contributed by atoms with van der Waals surface area (Å²) >= 11 is 0. The molecule has 0 aromatic heterocycles. The van der Waals surface area contributed by atoms with Gasteiger partial charge in [0.2, 0.25) is 0 Å². The van der Waals surface area contributed by atoms with E-state index in [0.717, 1.165) is 5.56 Å². The van der Waals surface area contributed by atoms with Crippen molar-refractivity contribution >= 4 is 5.91 Å². The van der Waals surface area contributed by atoms with E-state index in [4.69, 9.17) is 5.11 Å². The molecule has 0 aliphatic rings. The highest BCUT2D eigenvalue weighted by atomic mass is 19.1. The Morgan fingerprint density at radius 2 is 2.31 bits per heavy atom. The predicted molar refractivity (Wildman–Crippen MR) is 56.3 cm³/mol. The Balaban J connectivity index is 2.68. The van der Waals surface area contributed by atoms with Crippen LogP contribution in [0.4, 0.5) is 4.39 Å². The van der Waals surface area contributed by atoms with E-state index < -0.39 is 11.7 Å². The van der Waals surface area contributed by atoms with Crippen molar-refractivity contribution in [3.05, 3.63) is 35.1 Å². The van der Waals surface area contributed by atoms with E-state index in [2.05, 4.69) is 4.84 Å². The number of hydrogen-bond donors (Lipinski definition) is 2. The van der Waals surface area contributed by atoms with Crippen molar-refractivity contribution < 1.29 is 19.1 Å². The Bertz CT molecular complexity index is 368. The first-order valence-electron chi connectivity index (χ1n) is 5.00. The van der Waals surface area contributed by atoms with Gasteiger partial charge < -0.3 is 5.11 Å².